The average Bonchev–Trinajstić information content (AvgIpc) is 2.45. The van der Waals surface area contributed by atoms with Crippen molar-refractivity contribution in [3.8, 4) is 0 Å². The van der Waals surface area contributed by atoms with Gasteiger partial charge in [-0.3, -0.25) is 4.98 Å². The first kappa shape index (κ1) is 17.7. The van der Waals surface area contributed by atoms with Crippen LogP contribution in [-0.2, 0) is 11.8 Å². The molecule has 2 rings (SSSR count). The summed E-state index contributed by atoms with van der Waals surface area (Å²) in [5.74, 6) is 0. The second-order valence-corrected chi connectivity index (χ2v) is 8.38. The lowest BCUT2D eigenvalue weighted by molar-refractivity contribution is 0.361. The number of hydrogen-bond acceptors (Lipinski definition) is 2. The van der Waals surface area contributed by atoms with Gasteiger partial charge in [-0.15, -0.1) is 0 Å². The summed E-state index contributed by atoms with van der Waals surface area (Å²) in [5.41, 5.74) is 4.28. The van der Waals surface area contributed by atoms with Gasteiger partial charge in [0.25, 0.3) is 0 Å². The quantitative estimate of drug-likeness (QED) is 0.854. The third-order valence-corrected chi connectivity index (χ3v) is 3.98. The summed E-state index contributed by atoms with van der Waals surface area (Å²) in [7, 11) is 0. The summed E-state index contributed by atoms with van der Waals surface area (Å²) in [6, 6.07) is 13.6. The molecule has 0 spiro atoms. The Morgan fingerprint density at radius 1 is 0.870 bits per heavy atom. The molecule has 1 aromatic carbocycles. The molecule has 0 bridgehead atoms. The molecule has 0 saturated carbocycles. The first-order valence-electron chi connectivity index (χ1n) is 8.42. The molecule has 23 heavy (non-hydrogen) atoms. The van der Waals surface area contributed by atoms with Crippen LogP contribution in [0, 0.1) is 0 Å². The maximum atomic E-state index is 4.12. The largest absolute Gasteiger partial charge is 0.305 e. The normalized spacial score (nSPS) is 13.8. The van der Waals surface area contributed by atoms with Gasteiger partial charge in [0.05, 0.1) is 0 Å². The van der Waals surface area contributed by atoms with E-state index in [4.69, 9.17) is 0 Å². The summed E-state index contributed by atoms with van der Waals surface area (Å²) in [4.78, 5) is 4.12. The molecule has 1 aromatic heterocycles. The van der Waals surface area contributed by atoms with Gasteiger partial charge in [-0.25, -0.2) is 0 Å². The van der Waals surface area contributed by atoms with Crippen molar-refractivity contribution >= 4 is 0 Å². The lowest BCUT2D eigenvalue weighted by Crippen LogP contribution is -2.39. The number of nitrogens with zero attached hydrogens (tertiary/aromatic N) is 1. The Hall–Kier alpha value is -1.67. The summed E-state index contributed by atoms with van der Waals surface area (Å²) in [6.07, 6.45) is 4.70. The molecular formula is C21H30N2. The highest BCUT2D eigenvalue weighted by Gasteiger charge is 2.20. The first-order chi connectivity index (χ1) is 10.6. The molecule has 1 unspecified atom stereocenters. The SMILES string of the molecule is CC(C)(C)NC(Cc1ccncc1)c1ccc(C(C)(C)C)cc1. The van der Waals surface area contributed by atoms with Gasteiger partial charge in [-0.1, -0.05) is 45.0 Å². The monoisotopic (exact) mass is 310 g/mol. The number of pyridine rings is 1. The molecule has 2 aromatic rings. The molecule has 1 N–H and O–H groups in total. The summed E-state index contributed by atoms with van der Waals surface area (Å²) in [6.45, 7) is 13.4. The zero-order valence-electron chi connectivity index (χ0n) is 15.4. The van der Waals surface area contributed by atoms with Gasteiger partial charge in [-0.05, 0) is 61.4 Å². The maximum Gasteiger partial charge on any atom is 0.0365 e. The fraction of sp³-hybridized carbons (Fsp3) is 0.476. The molecule has 0 aliphatic rings. The molecule has 0 fully saturated rings. The molecule has 0 radical (unpaired) electrons. The van der Waals surface area contributed by atoms with Crippen LogP contribution >= 0.6 is 0 Å². The molecule has 0 saturated heterocycles. The van der Waals surface area contributed by atoms with E-state index in [-0.39, 0.29) is 11.0 Å². The lowest BCUT2D eigenvalue weighted by atomic mass is 9.85. The molecular weight excluding hydrogens is 280 g/mol. The van der Waals surface area contributed by atoms with Crippen molar-refractivity contribution in [2.75, 3.05) is 0 Å². The highest BCUT2D eigenvalue weighted by atomic mass is 15.0. The number of rotatable bonds is 4. The molecule has 124 valence electrons. The second kappa shape index (κ2) is 6.84. The fourth-order valence-electron chi connectivity index (χ4n) is 2.74. The van der Waals surface area contributed by atoms with Crippen LogP contribution in [0.1, 0.15) is 64.3 Å². The third-order valence-electron chi connectivity index (χ3n) is 3.98. The highest BCUT2D eigenvalue weighted by Crippen LogP contribution is 2.26. The van der Waals surface area contributed by atoms with Crippen molar-refractivity contribution in [1.29, 1.82) is 0 Å². The second-order valence-electron chi connectivity index (χ2n) is 8.38. The van der Waals surface area contributed by atoms with Crippen LogP contribution in [0.3, 0.4) is 0 Å². The van der Waals surface area contributed by atoms with Gasteiger partial charge in [0, 0.05) is 24.0 Å². The molecule has 1 atom stereocenters. The predicted molar refractivity (Wildman–Crippen MR) is 98.7 cm³/mol. The Balaban J connectivity index is 2.26. The summed E-state index contributed by atoms with van der Waals surface area (Å²) >= 11 is 0. The Bertz CT molecular complexity index is 601. The topological polar surface area (TPSA) is 24.9 Å². The average molecular weight is 310 g/mol. The highest BCUT2D eigenvalue weighted by molar-refractivity contribution is 5.30. The van der Waals surface area contributed by atoms with Crippen molar-refractivity contribution in [2.24, 2.45) is 0 Å². The molecule has 0 amide bonds. The minimum absolute atomic E-state index is 0.0698. The number of aromatic nitrogens is 1. The van der Waals surface area contributed by atoms with Crippen LogP contribution in [0.5, 0.6) is 0 Å². The van der Waals surface area contributed by atoms with E-state index in [1.165, 1.54) is 16.7 Å². The molecule has 2 heteroatoms. The van der Waals surface area contributed by atoms with E-state index in [1.54, 1.807) is 0 Å². The van der Waals surface area contributed by atoms with Gasteiger partial charge < -0.3 is 5.32 Å². The molecule has 0 aliphatic heterocycles. The van der Waals surface area contributed by atoms with Crippen molar-refractivity contribution in [3.63, 3.8) is 0 Å². The van der Waals surface area contributed by atoms with E-state index in [0.29, 0.717) is 6.04 Å². The smallest absolute Gasteiger partial charge is 0.0365 e. The summed E-state index contributed by atoms with van der Waals surface area (Å²) in [5, 5.41) is 3.76. The first-order valence-corrected chi connectivity index (χ1v) is 8.42. The minimum atomic E-state index is 0.0698. The van der Waals surface area contributed by atoms with Crippen LogP contribution in [0.25, 0.3) is 0 Å². The van der Waals surface area contributed by atoms with E-state index in [1.807, 2.05) is 12.4 Å². The van der Waals surface area contributed by atoms with Crippen LogP contribution in [0.4, 0.5) is 0 Å². The molecule has 2 nitrogen and oxygen atoms in total. The van der Waals surface area contributed by atoms with Crippen molar-refractivity contribution in [3.05, 3.63) is 65.5 Å². The van der Waals surface area contributed by atoms with Gasteiger partial charge in [-0.2, -0.15) is 0 Å². The number of hydrogen-bond donors (Lipinski definition) is 1. The van der Waals surface area contributed by atoms with Crippen molar-refractivity contribution in [1.82, 2.24) is 10.3 Å². The lowest BCUT2D eigenvalue weighted by Gasteiger charge is -2.30. The van der Waals surface area contributed by atoms with Gasteiger partial charge in [0.1, 0.15) is 0 Å². The van der Waals surface area contributed by atoms with Crippen molar-refractivity contribution in [2.45, 2.75) is 65.0 Å². The van der Waals surface area contributed by atoms with Crippen LogP contribution in [0.2, 0.25) is 0 Å². The zero-order chi connectivity index (χ0) is 17.1. The van der Waals surface area contributed by atoms with E-state index in [2.05, 4.69) is 88.2 Å². The Labute approximate surface area is 141 Å². The van der Waals surface area contributed by atoms with E-state index < -0.39 is 0 Å². The zero-order valence-corrected chi connectivity index (χ0v) is 15.4. The van der Waals surface area contributed by atoms with E-state index in [9.17, 15) is 0 Å². The Kier molecular flexibility index (Phi) is 5.26. The van der Waals surface area contributed by atoms with Crippen LogP contribution < -0.4 is 5.32 Å². The maximum absolute atomic E-state index is 4.12. The standard InChI is InChI=1S/C21H30N2/c1-20(2,3)18-9-7-17(8-10-18)19(23-21(4,5)6)15-16-11-13-22-14-12-16/h7-14,19,23H,15H2,1-6H3. The number of nitrogens with one attached hydrogen (secondary N) is 1. The van der Waals surface area contributed by atoms with E-state index >= 15 is 0 Å². The summed E-state index contributed by atoms with van der Waals surface area (Å²) < 4.78 is 0. The van der Waals surface area contributed by atoms with Gasteiger partial charge >= 0.3 is 0 Å². The Morgan fingerprint density at radius 2 is 1.43 bits per heavy atom. The van der Waals surface area contributed by atoms with Crippen LogP contribution in [0.15, 0.2) is 48.8 Å². The van der Waals surface area contributed by atoms with Crippen molar-refractivity contribution < 1.29 is 0 Å². The predicted octanol–water partition coefficient (Wildman–Crippen LogP) is 5.05. The van der Waals surface area contributed by atoms with Gasteiger partial charge in [0.15, 0.2) is 0 Å². The molecule has 0 aliphatic carbocycles. The Morgan fingerprint density at radius 3 is 1.91 bits per heavy atom. The van der Waals surface area contributed by atoms with Crippen LogP contribution in [-0.4, -0.2) is 10.5 Å². The van der Waals surface area contributed by atoms with E-state index in [0.717, 1.165) is 6.42 Å². The third kappa shape index (κ3) is 5.47. The van der Waals surface area contributed by atoms with Gasteiger partial charge in [0.2, 0.25) is 0 Å². The fourth-order valence-corrected chi connectivity index (χ4v) is 2.74. The minimum Gasteiger partial charge on any atom is -0.305 e. The number of benzene rings is 1. The molecule has 1 heterocycles.